The molecule has 0 bridgehead atoms. The number of aromatic nitrogens is 2. The Morgan fingerprint density at radius 1 is 1.18 bits per heavy atom. The van der Waals surface area contributed by atoms with E-state index < -0.39 is 5.91 Å². The third kappa shape index (κ3) is 5.15. The third-order valence-corrected chi connectivity index (χ3v) is 4.60. The number of nitrogens with zero attached hydrogens (tertiary/aromatic N) is 2. The van der Waals surface area contributed by atoms with Gasteiger partial charge in [-0.25, -0.2) is 4.98 Å². The number of hydrogen-bond donors (Lipinski definition) is 2. The highest BCUT2D eigenvalue weighted by atomic mass is 35.5. The number of benzene rings is 2. The first kappa shape index (κ1) is 20.0. The molecule has 3 rings (SSSR count). The van der Waals surface area contributed by atoms with Crippen LogP contribution in [0.1, 0.15) is 11.4 Å². The Labute approximate surface area is 173 Å². The topological polar surface area (TPSA) is 81.1 Å². The number of hydrogen-bond acceptors (Lipinski definition) is 3. The monoisotopic (exact) mass is 414 g/mol. The number of carbonyl (C=O) groups excluding carboxylic acids is 1. The lowest BCUT2D eigenvalue weighted by Crippen LogP contribution is -2.07. The van der Waals surface area contributed by atoms with Crippen molar-refractivity contribution < 1.29 is 9.90 Å². The normalized spacial score (nSPS) is 11.2. The van der Waals surface area contributed by atoms with E-state index in [9.17, 15) is 9.90 Å². The van der Waals surface area contributed by atoms with Crippen molar-refractivity contribution in [2.24, 2.45) is 5.73 Å². The van der Waals surface area contributed by atoms with Crippen molar-refractivity contribution in [3.63, 3.8) is 0 Å². The highest BCUT2D eigenvalue weighted by Gasteiger charge is 2.12. The minimum Gasteiger partial charge on any atom is -0.508 e. The highest BCUT2D eigenvalue weighted by molar-refractivity contribution is 6.36. The van der Waals surface area contributed by atoms with E-state index in [1.54, 1.807) is 30.3 Å². The highest BCUT2D eigenvalue weighted by Crippen LogP contribution is 2.30. The van der Waals surface area contributed by atoms with Crippen LogP contribution in [0.2, 0.25) is 10.0 Å². The molecule has 0 fully saturated rings. The number of primary amides is 1. The fraction of sp³-hybridized carbons (Fsp3) is 0.0952. The fourth-order valence-corrected chi connectivity index (χ4v) is 3.20. The molecule has 0 atom stereocenters. The van der Waals surface area contributed by atoms with Gasteiger partial charge >= 0.3 is 0 Å². The first-order chi connectivity index (χ1) is 13.4. The molecule has 3 aromatic rings. The summed E-state index contributed by atoms with van der Waals surface area (Å²) in [5.41, 5.74) is 7.66. The van der Waals surface area contributed by atoms with Crippen LogP contribution < -0.4 is 5.73 Å². The third-order valence-electron chi connectivity index (χ3n) is 4.06. The maximum atomic E-state index is 11.0. The van der Waals surface area contributed by atoms with E-state index in [1.165, 1.54) is 6.08 Å². The van der Waals surface area contributed by atoms with Crippen molar-refractivity contribution in [3.05, 3.63) is 88.7 Å². The number of aromatic hydroxyl groups is 1. The van der Waals surface area contributed by atoms with Gasteiger partial charge in [-0.3, -0.25) is 4.79 Å². The predicted octanol–water partition coefficient (Wildman–Crippen LogP) is 4.40. The lowest BCUT2D eigenvalue weighted by Gasteiger charge is -2.05. The van der Waals surface area contributed by atoms with Gasteiger partial charge < -0.3 is 15.4 Å². The van der Waals surface area contributed by atoms with Gasteiger partial charge in [0.1, 0.15) is 11.6 Å². The molecule has 143 valence electrons. The van der Waals surface area contributed by atoms with E-state index in [0.717, 1.165) is 17.0 Å². The first-order valence-corrected chi connectivity index (χ1v) is 9.27. The zero-order valence-corrected chi connectivity index (χ0v) is 16.4. The number of allylic oxidation sites excluding steroid dienone is 1. The zero-order chi connectivity index (χ0) is 20.1. The van der Waals surface area contributed by atoms with E-state index in [0.29, 0.717) is 28.7 Å². The molecule has 7 heteroatoms. The molecule has 1 heterocycles. The summed E-state index contributed by atoms with van der Waals surface area (Å²) in [7, 11) is 0. The number of imidazole rings is 1. The number of halogens is 2. The van der Waals surface area contributed by atoms with Crippen molar-refractivity contribution in [1.29, 1.82) is 0 Å². The molecule has 0 aliphatic carbocycles. The van der Waals surface area contributed by atoms with Crippen LogP contribution in [0, 0.1) is 6.42 Å². The molecular weight excluding hydrogens is 397 g/mol. The molecule has 2 aromatic carbocycles. The largest absolute Gasteiger partial charge is 0.508 e. The van der Waals surface area contributed by atoms with Crippen molar-refractivity contribution in [1.82, 2.24) is 9.55 Å². The van der Waals surface area contributed by atoms with Gasteiger partial charge in [0.05, 0.1) is 10.7 Å². The lowest BCUT2D eigenvalue weighted by molar-refractivity contribution is -0.113. The van der Waals surface area contributed by atoms with E-state index in [-0.39, 0.29) is 5.75 Å². The maximum absolute atomic E-state index is 11.0. The van der Waals surface area contributed by atoms with Gasteiger partial charge in [0.25, 0.3) is 0 Å². The van der Waals surface area contributed by atoms with Crippen LogP contribution in [0.3, 0.4) is 0 Å². The van der Waals surface area contributed by atoms with Crippen LogP contribution in [0.15, 0.2) is 60.8 Å². The molecule has 0 unspecified atom stereocenters. The molecule has 0 aliphatic rings. The van der Waals surface area contributed by atoms with E-state index in [2.05, 4.69) is 4.98 Å². The minimum absolute atomic E-state index is 0.224. The number of amides is 1. The fourth-order valence-electron chi connectivity index (χ4n) is 2.69. The summed E-state index contributed by atoms with van der Waals surface area (Å²) in [5, 5.41) is 10.5. The molecular formula is C21H18Cl2N3O2. The van der Waals surface area contributed by atoms with Crippen LogP contribution in [0.5, 0.6) is 5.75 Å². The number of rotatable bonds is 7. The molecule has 0 aliphatic heterocycles. The van der Waals surface area contributed by atoms with Crippen LogP contribution in [-0.4, -0.2) is 20.6 Å². The second kappa shape index (κ2) is 8.95. The SMILES string of the molecule is NC(=O)C=CCn1cc(-c2ccc(Cl)cc2Cl)nc1[CH]Cc1ccc(O)cc1. The van der Waals surface area contributed by atoms with E-state index in [1.807, 2.05) is 35.4 Å². The molecule has 28 heavy (non-hydrogen) atoms. The van der Waals surface area contributed by atoms with Gasteiger partial charge in [-0.05, 0) is 42.3 Å². The average Bonchev–Trinajstić information content (AvgIpc) is 3.03. The Bertz CT molecular complexity index is 1010. The molecule has 0 saturated carbocycles. The predicted molar refractivity (Wildman–Crippen MR) is 111 cm³/mol. The number of phenols is 1. The summed E-state index contributed by atoms with van der Waals surface area (Å²) >= 11 is 12.3. The second-order valence-corrected chi connectivity index (χ2v) is 6.98. The smallest absolute Gasteiger partial charge is 0.241 e. The Balaban J connectivity index is 1.87. The molecule has 1 aromatic heterocycles. The van der Waals surface area contributed by atoms with Gasteiger partial charge in [-0.15, -0.1) is 0 Å². The van der Waals surface area contributed by atoms with Crippen molar-refractivity contribution in [2.45, 2.75) is 13.0 Å². The standard InChI is InChI=1S/C21H18Cl2N3O2/c22-15-6-9-17(18(23)12-15)19-13-26(11-1-2-20(24)28)21(25-19)10-5-14-3-7-16(27)8-4-14/h1-4,6-10,12-13,27H,5,11H2,(H2,24,28). The maximum Gasteiger partial charge on any atom is 0.241 e. The van der Waals surface area contributed by atoms with Crippen molar-refractivity contribution >= 4 is 29.1 Å². The number of nitrogens with two attached hydrogens (primary N) is 1. The van der Waals surface area contributed by atoms with Crippen LogP contribution >= 0.6 is 23.2 Å². The Morgan fingerprint density at radius 2 is 1.93 bits per heavy atom. The van der Waals surface area contributed by atoms with Gasteiger partial charge in [0, 0.05) is 35.8 Å². The number of phenolic OH excluding ortho intramolecular Hbond substituents is 1. The molecule has 1 amide bonds. The first-order valence-electron chi connectivity index (χ1n) is 8.52. The quantitative estimate of drug-likeness (QED) is 0.562. The minimum atomic E-state index is -0.504. The number of carbonyl (C=O) groups is 1. The van der Waals surface area contributed by atoms with Gasteiger partial charge in [-0.1, -0.05) is 41.4 Å². The summed E-state index contributed by atoms with van der Waals surface area (Å²) in [6.45, 7) is 0.433. The van der Waals surface area contributed by atoms with Gasteiger partial charge in [0.2, 0.25) is 5.91 Å². The van der Waals surface area contributed by atoms with Crippen molar-refractivity contribution in [3.8, 4) is 17.0 Å². The van der Waals surface area contributed by atoms with Crippen LogP contribution in [0.25, 0.3) is 11.3 Å². The van der Waals surface area contributed by atoms with Gasteiger partial charge in [-0.2, -0.15) is 0 Å². The molecule has 3 N–H and O–H groups in total. The van der Waals surface area contributed by atoms with Gasteiger partial charge in [0.15, 0.2) is 0 Å². The Kier molecular flexibility index (Phi) is 6.39. The average molecular weight is 415 g/mol. The Hall–Kier alpha value is -2.76. The summed E-state index contributed by atoms with van der Waals surface area (Å²) in [4.78, 5) is 15.7. The zero-order valence-electron chi connectivity index (χ0n) is 14.8. The molecule has 0 saturated heterocycles. The molecule has 5 nitrogen and oxygen atoms in total. The molecule has 1 radical (unpaired) electrons. The Morgan fingerprint density at radius 3 is 2.61 bits per heavy atom. The lowest BCUT2D eigenvalue weighted by atomic mass is 10.1. The van der Waals surface area contributed by atoms with E-state index in [4.69, 9.17) is 28.9 Å². The summed E-state index contributed by atoms with van der Waals surface area (Å²) in [6, 6.07) is 12.2. The summed E-state index contributed by atoms with van der Waals surface area (Å²) < 4.78 is 1.90. The van der Waals surface area contributed by atoms with E-state index >= 15 is 0 Å². The van der Waals surface area contributed by atoms with Crippen molar-refractivity contribution in [2.75, 3.05) is 0 Å². The summed E-state index contributed by atoms with van der Waals surface area (Å²) in [6.07, 6.45) is 7.46. The molecule has 0 spiro atoms. The van der Waals surface area contributed by atoms with Crippen LogP contribution in [-0.2, 0) is 17.8 Å². The van der Waals surface area contributed by atoms with Crippen LogP contribution in [0.4, 0.5) is 0 Å². The second-order valence-electron chi connectivity index (χ2n) is 6.14. The summed E-state index contributed by atoms with van der Waals surface area (Å²) in [5.74, 6) is 0.445.